The Balaban J connectivity index is 1.56. The maximum atomic E-state index is 11.3. The van der Waals surface area contributed by atoms with E-state index in [9.17, 15) is 9.90 Å². The molecular formula is C17H26O2. The van der Waals surface area contributed by atoms with Crippen LogP contribution in [0.25, 0.3) is 0 Å². The lowest BCUT2D eigenvalue weighted by molar-refractivity contribution is -0.143. The second kappa shape index (κ2) is 4.49. The molecule has 5 fully saturated rings. The molecule has 0 spiro atoms. The first-order chi connectivity index (χ1) is 9.20. The second-order valence-corrected chi connectivity index (χ2v) is 7.96. The minimum absolute atomic E-state index is 0.456. The maximum Gasteiger partial charge on any atom is 0.303 e. The third-order valence-electron chi connectivity index (χ3n) is 6.96. The SMILES string of the molecule is O=C(O)CC(C1CCC1)C1C2CC3CC(C2)CC1C3. The molecule has 1 atom stereocenters. The van der Waals surface area contributed by atoms with Gasteiger partial charge in [-0.3, -0.25) is 4.79 Å². The van der Waals surface area contributed by atoms with Crippen LogP contribution in [0.2, 0.25) is 0 Å². The molecule has 0 aliphatic heterocycles. The number of hydrogen-bond donors (Lipinski definition) is 1. The van der Waals surface area contributed by atoms with Crippen molar-refractivity contribution in [3.8, 4) is 0 Å². The molecule has 5 aliphatic rings. The highest BCUT2D eigenvalue weighted by molar-refractivity contribution is 5.67. The summed E-state index contributed by atoms with van der Waals surface area (Å²) in [4.78, 5) is 11.3. The molecule has 0 heterocycles. The molecule has 2 heteroatoms. The van der Waals surface area contributed by atoms with E-state index >= 15 is 0 Å². The number of carboxylic acid groups (broad SMARTS) is 1. The second-order valence-electron chi connectivity index (χ2n) is 7.96. The molecule has 0 saturated heterocycles. The largest absolute Gasteiger partial charge is 0.481 e. The van der Waals surface area contributed by atoms with Gasteiger partial charge >= 0.3 is 5.97 Å². The molecule has 0 amide bonds. The number of rotatable bonds is 4. The summed E-state index contributed by atoms with van der Waals surface area (Å²) in [5, 5.41) is 9.31. The van der Waals surface area contributed by atoms with Crippen LogP contribution in [0, 0.1) is 41.4 Å². The Bertz CT molecular complexity index is 343. The molecule has 0 aromatic carbocycles. The molecule has 0 aromatic heterocycles. The van der Waals surface area contributed by atoms with Crippen LogP contribution in [0.3, 0.4) is 0 Å². The highest BCUT2D eigenvalue weighted by atomic mass is 16.4. The number of hydrogen-bond acceptors (Lipinski definition) is 1. The molecule has 5 rings (SSSR count). The Hall–Kier alpha value is -0.530. The van der Waals surface area contributed by atoms with Crippen molar-refractivity contribution in [1.29, 1.82) is 0 Å². The molecule has 1 unspecified atom stereocenters. The lowest BCUT2D eigenvalue weighted by Gasteiger charge is -2.58. The van der Waals surface area contributed by atoms with Gasteiger partial charge in [0.25, 0.3) is 0 Å². The quantitative estimate of drug-likeness (QED) is 0.833. The van der Waals surface area contributed by atoms with Gasteiger partial charge in [-0.15, -0.1) is 0 Å². The monoisotopic (exact) mass is 262 g/mol. The Morgan fingerprint density at radius 3 is 2.00 bits per heavy atom. The number of aliphatic carboxylic acids is 1. The van der Waals surface area contributed by atoms with Crippen LogP contribution in [0.5, 0.6) is 0 Å². The maximum absolute atomic E-state index is 11.3. The van der Waals surface area contributed by atoms with Crippen molar-refractivity contribution >= 4 is 5.97 Å². The molecule has 5 aliphatic carbocycles. The molecule has 19 heavy (non-hydrogen) atoms. The average molecular weight is 262 g/mol. The molecule has 5 saturated carbocycles. The van der Waals surface area contributed by atoms with Crippen LogP contribution in [-0.4, -0.2) is 11.1 Å². The zero-order valence-electron chi connectivity index (χ0n) is 11.8. The molecule has 0 aromatic rings. The summed E-state index contributed by atoms with van der Waals surface area (Å²) in [6.07, 6.45) is 11.6. The Morgan fingerprint density at radius 2 is 1.58 bits per heavy atom. The summed E-state index contributed by atoms with van der Waals surface area (Å²) in [5.41, 5.74) is 0. The highest BCUT2D eigenvalue weighted by Crippen LogP contribution is 2.60. The van der Waals surface area contributed by atoms with E-state index in [1.165, 1.54) is 51.4 Å². The zero-order chi connectivity index (χ0) is 13.0. The Labute approximate surface area is 116 Å². The van der Waals surface area contributed by atoms with E-state index in [2.05, 4.69) is 0 Å². The normalized spacial score (nSPS) is 46.0. The summed E-state index contributed by atoms with van der Waals surface area (Å²) in [5.74, 6) is 5.28. The fourth-order valence-corrected chi connectivity index (χ4v) is 6.35. The zero-order valence-corrected chi connectivity index (χ0v) is 11.8. The van der Waals surface area contributed by atoms with Crippen molar-refractivity contribution in [1.82, 2.24) is 0 Å². The summed E-state index contributed by atoms with van der Waals surface area (Å²) in [7, 11) is 0. The van der Waals surface area contributed by atoms with Crippen LogP contribution < -0.4 is 0 Å². The van der Waals surface area contributed by atoms with Crippen LogP contribution in [0.1, 0.15) is 57.8 Å². The van der Waals surface area contributed by atoms with Crippen LogP contribution in [-0.2, 0) is 4.79 Å². The summed E-state index contributed by atoms with van der Waals surface area (Å²) in [6.45, 7) is 0. The topological polar surface area (TPSA) is 37.3 Å². The average Bonchev–Trinajstić information content (AvgIpc) is 2.23. The van der Waals surface area contributed by atoms with E-state index in [-0.39, 0.29) is 0 Å². The summed E-state index contributed by atoms with van der Waals surface area (Å²) in [6, 6.07) is 0. The third-order valence-corrected chi connectivity index (χ3v) is 6.96. The Kier molecular flexibility index (Phi) is 2.89. The van der Waals surface area contributed by atoms with Crippen molar-refractivity contribution < 1.29 is 9.90 Å². The molecule has 2 nitrogen and oxygen atoms in total. The van der Waals surface area contributed by atoms with E-state index < -0.39 is 5.97 Å². The molecule has 4 bridgehead atoms. The molecular weight excluding hydrogens is 236 g/mol. The van der Waals surface area contributed by atoms with Gasteiger partial charge in [0.05, 0.1) is 0 Å². The van der Waals surface area contributed by atoms with Crippen molar-refractivity contribution in [3.05, 3.63) is 0 Å². The van der Waals surface area contributed by atoms with Gasteiger partial charge in [-0.2, -0.15) is 0 Å². The van der Waals surface area contributed by atoms with Crippen LogP contribution in [0.4, 0.5) is 0 Å². The van der Waals surface area contributed by atoms with Crippen molar-refractivity contribution in [2.75, 3.05) is 0 Å². The fourth-order valence-electron chi connectivity index (χ4n) is 6.35. The molecule has 0 radical (unpaired) electrons. The van der Waals surface area contributed by atoms with Gasteiger partial charge < -0.3 is 5.11 Å². The smallest absolute Gasteiger partial charge is 0.303 e. The first-order valence-electron chi connectivity index (χ1n) is 8.42. The predicted octanol–water partition coefficient (Wildman–Crippen LogP) is 3.95. The third kappa shape index (κ3) is 2.02. The minimum Gasteiger partial charge on any atom is -0.481 e. The van der Waals surface area contributed by atoms with Crippen LogP contribution >= 0.6 is 0 Å². The highest BCUT2D eigenvalue weighted by Gasteiger charge is 2.52. The lowest BCUT2D eigenvalue weighted by Crippen LogP contribution is -2.50. The van der Waals surface area contributed by atoms with Crippen LogP contribution in [0.15, 0.2) is 0 Å². The van der Waals surface area contributed by atoms with Gasteiger partial charge in [0.1, 0.15) is 0 Å². The van der Waals surface area contributed by atoms with E-state index in [0.29, 0.717) is 12.3 Å². The first kappa shape index (κ1) is 12.2. The number of carboxylic acids is 1. The van der Waals surface area contributed by atoms with Crippen molar-refractivity contribution in [2.45, 2.75) is 57.8 Å². The van der Waals surface area contributed by atoms with Gasteiger partial charge in [0.2, 0.25) is 0 Å². The van der Waals surface area contributed by atoms with Crippen molar-refractivity contribution in [2.24, 2.45) is 41.4 Å². The van der Waals surface area contributed by atoms with Gasteiger partial charge in [-0.25, -0.2) is 0 Å². The van der Waals surface area contributed by atoms with E-state index in [1.54, 1.807) is 0 Å². The van der Waals surface area contributed by atoms with Gasteiger partial charge in [-0.1, -0.05) is 19.3 Å². The molecule has 106 valence electrons. The summed E-state index contributed by atoms with van der Waals surface area (Å²) >= 11 is 0. The van der Waals surface area contributed by atoms with E-state index in [0.717, 1.165) is 35.5 Å². The predicted molar refractivity (Wildman–Crippen MR) is 73.6 cm³/mol. The van der Waals surface area contributed by atoms with Crippen molar-refractivity contribution in [3.63, 3.8) is 0 Å². The summed E-state index contributed by atoms with van der Waals surface area (Å²) < 4.78 is 0. The Morgan fingerprint density at radius 1 is 1.00 bits per heavy atom. The standard InChI is InChI=1S/C17H26O2/c18-16(19)9-15(12-2-1-3-12)17-13-5-10-4-11(7-13)8-14(17)6-10/h10-15,17H,1-9H2,(H,18,19). The van der Waals surface area contributed by atoms with Gasteiger partial charge in [-0.05, 0) is 73.5 Å². The van der Waals surface area contributed by atoms with Gasteiger partial charge in [0.15, 0.2) is 0 Å². The van der Waals surface area contributed by atoms with E-state index in [4.69, 9.17) is 0 Å². The first-order valence-corrected chi connectivity index (χ1v) is 8.42. The fraction of sp³-hybridized carbons (Fsp3) is 0.941. The number of carbonyl (C=O) groups is 1. The lowest BCUT2D eigenvalue weighted by atomic mass is 9.47. The van der Waals surface area contributed by atoms with Gasteiger partial charge in [0, 0.05) is 6.42 Å². The van der Waals surface area contributed by atoms with E-state index in [1.807, 2.05) is 0 Å². The molecule has 1 N–H and O–H groups in total. The minimum atomic E-state index is -0.550.